The van der Waals surface area contributed by atoms with Gasteiger partial charge in [0.1, 0.15) is 5.69 Å². The van der Waals surface area contributed by atoms with Gasteiger partial charge < -0.3 is 10.4 Å². The Bertz CT molecular complexity index is 968. The van der Waals surface area contributed by atoms with Crippen LogP contribution in [0.1, 0.15) is 33.6 Å². The molecular formula is C21H23N5O2. The Hall–Kier alpha value is -3.06. The zero-order chi connectivity index (χ0) is 19.3. The van der Waals surface area contributed by atoms with Crippen LogP contribution in [-0.4, -0.2) is 43.9 Å². The van der Waals surface area contributed by atoms with Crippen LogP contribution in [0.3, 0.4) is 0 Å². The Morgan fingerprint density at radius 2 is 2.04 bits per heavy atom. The molecule has 0 atom stereocenters. The van der Waals surface area contributed by atoms with Gasteiger partial charge in [0.15, 0.2) is 0 Å². The van der Waals surface area contributed by atoms with Crippen molar-refractivity contribution >= 4 is 5.97 Å². The molecule has 7 heteroatoms. The van der Waals surface area contributed by atoms with Crippen LogP contribution in [0.15, 0.2) is 43.0 Å². The number of carboxylic acids is 1. The van der Waals surface area contributed by atoms with Gasteiger partial charge in [-0.2, -0.15) is 5.10 Å². The summed E-state index contributed by atoms with van der Waals surface area (Å²) >= 11 is 0. The minimum atomic E-state index is -0.907. The van der Waals surface area contributed by atoms with Gasteiger partial charge in [-0.05, 0) is 62.0 Å². The highest BCUT2D eigenvalue weighted by Gasteiger charge is 2.27. The second-order valence-electron chi connectivity index (χ2n) is 6.95. The highest BCUT2D eigenvalue weighted by molar-refractivity contribution is 5.90. The van der Waals surface area contributed by atoms with Crippen molar-refractivity contribution in [2.24, 2.45) is 0 Å². The maximum absolute atomic E-state index is 11.9. The Kier molecular flexibility index (Phi) is 5.43. The van der Waals surface area contributed by atoms with E-state index < -0.39 is 5.97 Å². The van der Waals surface area contributed by atoms with E-state index in [0.717, 1.165) is 54.7 Å². The summed E-state index contributed by atoms with van der Waals surface area (Å²) in [4.78, 5) is 20.2. The molecule has 1 aliphatic carbocycles. The molecule has 7 nitrogen and oxygen atoms in total. The number of pyridine rings is 2. The van der Waals surface area contributed by atoms with E-state index in [0.29, 0.717) is 18.7 Å². The fourth-order valence-corrected chi connectivity index (χ4v) is 3.73. The minimum absolute atomic E-state index is 0.327. The maximum atomic E-state index is 11.9. The lowest BCUT2D eigenvalue weighted by molar-refractivity contribution is 0.0681. The van der Waals surface area contributed by atoms with Gasteiger partial charge in [-0.3, -0.25) is 14.6 Å². The van der Waals surface area contributed by atoms with Gasteiger partial charge in [-0.15, -0.1) is 0 Å². The molecule has 0 fully saturated rings. The van der Waals surface area contributed by atoms with Crippen LogP contribution in [-0.2, 0) is 25.8 Å². The van der Waals surface area contributed by atoms with Crippen LogP contribution in [0.25, 0.3) is 11.3 Å². The summed E-state index contributed by atoms with van der Waals surface area (Å²) < 4.78 is 1.66. The van der Waals surface area contributed by atoms with E-state index >= 15 is 0 Å². The monoisotopic (exact) mass is 377 g/mol. The van der Waals surface area contributed by atoms with Crippen LogP contribution >= 0.6 is 0 Å². The lowest BCUT2D eigenvalue weighted by Crippen LogP contribution is -2.21. The molecule has 2 N–H and O–H groups in total. The van der Waals surface area contributed by atoms with Crippen molar-refractivity contribution in [1.82, 2.24) is 25.1 Å². The number of aromatic nitrogens is 4. The average Bonchev–Trinajstić information content (AvgIpc) is 3.10. The lowest BCUT2D eigenvalue weighted by atomic mass is 9.90. The number of nitrogens with one attached hydrogen (secondary N) is 1. The predicted molar refractivity (Wildman–Crippen MR) is 105 cm³/mol. The minimum Gasteiger partial charge on any atom is -0.477 e. The first-order valence-electron chi connectivity index (χ1n) is 9.60. The molecule has 0 aliphatic heterocycles. The van der Waals surface area contributed by atoms with E-state index in [4.69, 9.17) is 0 Å². The zero-order valence-corrected chi connectivity index (χ0v) is 15.6. The third-order valence-corrected chi connectivity index (χ3v) is 5.09. The van der Waals surface area contributed by atoms with Gasteiger partial charge in [-0.1, -0.05) is 6.07 Å². The summed E-state index contributed by atoms with van der Waals surface area (Å²) in [5.41, 5.74) is 5.31. The fourth-order valence-electron chi connectivity index (χ4n) is 3.73. The Labute approximate surface area is 163 Å². The van der Waals surface area contributed by atoms with E-state index in [9.17, 15) is 9.90 Å². The van der Waals surface area contributed by atoms with Crippen LogP contribution in [0, 0.1) is 0 Å². The highest BCUT2D eigenvalue weighted by Crippen LogP contribution is 2.34. The molecule has 0 saturated carbocycles. The standard InChI is InChI=1S/C21H23N5O2/c27-21(28)20-18-5-4-16-14-24-11-7-17(16)19(18)25-26(20)12-2-9-22-10-6-15-3-1-8-23-13-15/h1,3,7-8,11,13-14,22H,2,4-6,9-10,12H2,(H,27,28). The smallest absolute Gasteiger partial charge is 0.354 e. The van der Waals surface area contributed by atoms with Crippen LogP contribution in [0.2, 0.25) is 0 Å². The summed E-state index contributed by atoms with van der Waals surface area (Å²) in [7, 11) is 0. The van der Waals surface area contributed by atoms with Crippen molar-refractivity contribution in [3.05, 3.63) is 65.4 Å². The molecule has 0 amide bonds. The van der Waals surface area contributed by atoms with E-state index in [2.05, 4.69) is 26.4 Å². The molecule has 0 spiro atoms. The van der Waals surface area contributed by atoms with Crippen LogP contribution in [0.4, 0.5) is 0 Å². The zero-order valence-electron chi connectivity index (χ0n) is 15.6. The summed E-state index contributed by atoms with van der Waals surface area (Å²) in [6.07, 6.45) is 10.5. The molecular weight excluding hydrogens is 354 g/mol. The molecule has 4 rings (SSSR count). The van der Waals surface area contributed by atoms with Gasteiger partial charge in [-0.25, -0.2) is 4.79 Å². The van der Waals surface area contributed by atoms with Gasteiger partial charge >= 0.3 is 5.97 Å². The van der Waals surface area contributed by atoms with Crippen molar-refractivity contribution < 1.29 is 9.90 Å². The fraction of sp³-hybridized carbons (Fsp3) is 0.333. The number of nitrogens with zero attached hydrogens (tertiary/aromatic N) is 4. The molecule has 0 bridgehead atoms. The molecule has 0 saturated heterocycles. The number of aromatic carboxylic acids is 1. The van der Waals surface area contributed by atoms with Crippen molar-refractivity contribution in [3.8, 4) is 11.3 Å². The Morgan fingerprint density at radius 1 is 1.14 bits per heavy atom. The molecule has 144 valence electrons. The quantitative estimate of drug-likeness (QED) is 0.586. The third kappa shape index (κ3) is 3.80. The molecule has 3 heterocycles. The molecule has 3 aromatic heterocycles. The topological polar surface area (TPSA) is 92.9 Å². The molecule has 0 radical (unpaired) electrons. The van der Waals surface area contributed by atoms with E-state index in [-0.39, 0.29) is 0 Å². The first-order valence-corrected chi connectivity index (χ1v) is 9.60. The summed E-state index contributed by atoms with van der Waals surface area (Å²) in [5.74, 6) is -0.907. The number of carbonyl (C=O) groups is 1. The van der Waals surface area contributed by atoms with Crippen LogP contribution < -0.4 is 5.32 Å². The first-order chi connectivity index (χ1) is 13.7. The van der Waals surface area contributed by atoms with Crippen molar-refractivity contribution in [2.75, 3.05) is 13.1 Å². The lowest BCUT2D eigenvalue weighted by Gasteiger charge is -2.14. The predicted octanol–water partition coefficient (Wildman–Crippen LogP) is 2.36. The summed E-state index contributed by atoms with van der Waals surface area (Å²) in [6, 6.07) is 5.93. The second kappa shape index (κ2) is 8.31. The number of aryl methyl sites for hydroxylation is 2. The molecule has 1 aliphatic rings. The normalized spacial score (nSPS) is 12.4. The third-order valence-electron chi connectivity index (χ3n) is 5.09. The van der Waals surface area contributed by atoms with Gasteiger partial charge in [0.05, 0.1) is 5.69 Å². The van der Waals surface area contributed by atoms with Gasteiger partial charge in [0.25, 0.3) is 0 Å². The summed E-state index contributed by atoms with van der Waals surface area (Å²) in [6.45, 7) is 2.26. The van der Waals surface area contributed by atoms with E-state index in [1.54, 1.807) is 17.1 Å². The van der Waals surface area contributed by atoms with E-state index in [1.165, 1.54) is 5.56 Å². The van der Waals surface area contributed by atoms with E-state index in [1.807, 2.05) is 24.5 Å². The van der Waals surface area contributed by atoms with Crippen molar-refractivity contribution in [1.29, 1.82) is 0 Å². The van der Waals surface area contributed by atoms with Gasteiger partial charge in [0, 0.05) is 42.5 Å². The second-order valence-corrected chi connectivity index (χ2v) is 6.95. The molecule has 3 aromatic rings. The molecule has 0 aromatic carbocycles. The van der Waals surface area contributed by atoms with Crippen molar-refractivity contribution in [3.63, 3.8) is 0 Å². The average molecular weight is 377 g/mol. The largest absolute Gasteiger partial charge is 0.477 e. The first kappa shape index (κ1) is 18.3. The maximum Gasteiger partial charge on any atom is 0.354 e. The number of rotatable bonds is 8. The van der Waals surface area contributed by atoms with Crippen LogP contribution in [0.5, 0.6) is 0 Å². The highest BCUT2D eigenvalue weighted by atomic mass is 16.4. The molecule has 28 heavy (non-hydrogen) atoms. The SMILES string of the molecule is O=C(O)c1c2c(nn1CCCNCCc1cccnc1)-c1ccncc1CC2. The Balaban J connectivity index is 1.39. The number of hydrogen-bond acceptors (Lipinski definition) is 5. The summed E-state index contributed by atoms with van der Waals surface area (Å²) in [5, 5.41) is 17.8. The number of hydrogen-bond donors (Lipinski definition) is 2. The Morgan fingerprint density at radius 3 is 2.86 bits per heavy atom. The molecule has 0 unspecified atom stereocenters. The van der Waals surface area contributed by atoms with Crippen molar-refractivity contribution in [2.45, 2.75) is 32.2 Å². The number of carboxylic acid groups (broad SMARTS) is 1. The van der Waals surface area contributed by atoms with Gasteiger partial charge in [0.2, 0.25) is 0 Å². The number of fused-ring (bicyclic) bond motifs is 3.